The molecule has 0 aromatic heterocycles. The fraction of sp³-hybridized carbons (Fsp3) is 0.125. The van der Waals surface area contributed by atoms with E-state index < -0.39 is 0 Å². The number of hydrogen-bond donors (Lipinski definition) is 0. The van der Waals surface area contributed by atoms with Crippen LogP contribution < -0.4 is 18.9 Å². The van der Waals surface area contributed by atoms with Crippen LogP contribution in [-0.2, 0) is 6.61 Å². The number of fused-ring (bicyclic) bond motifs is 1. The molecule has 3 aromatic carbocycles. The molecule has 1 heterocycles. The second-order valence-electron chi connectivity index (χ2n) is 6.62. The molecule has 5 nitrogen and oxygen atoms in total. The first-order valence-electron chi connectivity index (χ1n) is 9.25. The number of carbonyl (C=O) groups excluding carboxylic acids is 1. The Morgan fingerprint density at radius 2 is 1.80 bits per heavy atom. The molecule has 0 unspecified atom stereocenters. The van der Waals surface area contributed by atoms with E-state index in [0.29, 0.717) is 45.8 Å². The minimum atomic E-state index is -0.198. The molecule has 1 aliphatic heterocycles. The molecule has 152 valence electrons. The lowest BCUT2D eigenvalue weighted by Crippen LogP contribution is -1.99. The van der Waals surface area contributed by atoms with Gasteiger partial charge in [-0.3, -0.25) is 4.79 Å². The third kappa shape index (κ3) is 4.11. The van der Waals surface area contributed by atoms with E-state index in [0.717, 1.165) is 5.56 Å². The van der Waals surface area contributed by atoms with Crippen LogP contribution in [0.15, 0.2) is 66.4 Å². The highest BCUT2D eigenvalue weighted by atomic mass is 35.5. The third-order valence-electron chi connectivity index (χ3n) is 4.66. The van der Waals surface area contributed by atoms with Crippen LogP contribution in [0.5, 0.6) is 23.0 Å². The topological polar surface area (TPSA) is 54.0 Å². The van der Waals surface area contributed by atoms with E-state index in [9.17, 15) is 4.79 Å². The predicted molar refractivity (Wildman–Crippen MR) is 115 cm³/mol. The first kappa shape index (κ1) is 19.9. The highest BCUT2D eigenvalue weighted by Crippen LogP contribution is 2.36. The monoisotopic (exact) mass is 422 g/mol. The summed E-state index contributed by atoms with van der Waals surface area (Å²) >= 11 is 6.01. The largest absolute Gasteiger partial charge is 0.497 e. The molecule has 4 rings (SSSR count). The summed E-state index contributed by atoms with van der Waals surface area (Å²) in [5.74, 6) is 2.33. The van der Waals surface area contributed by atoms with E-state index in [4.69, 9.17) is 30.5 Å². The van der Waals surface area contributed by atoms with Gasteiger partial charge in [-0.05, 0) is 54.1 Å². The number of Topliss-reactive ketones (excluding diaryl/α,β-unsaturated/α-hetero) is 1. The van der Waals surface area contributed by atoms with Gasteiger partial charge in [0.15, 0.2) is 5.76 Å². The number of methoxy groups -OCH3 is 2. The molecule has 0 fully saturated rings. The second-order valence-corrected chi connectivity index (χ2v) is 7.06. The van der Waals surface area contributed by atoms with Gasteiger partial charge in [0.1, 0.15) is 29.6 Å². The number of hydrogen-bond acceptors (Lipinski definition) is 5. The van der Waals surface area contributed by atoms with Gasteiger partial charge in [-0.2, -0.15) is 0 Å². The Kier molecular flexibility index (Phi) is 5.63. The van der Waals surface area contributed by atoms with E-state index in [-0.39, 0.29) is 11.5 Å². The summed E-state index contributed by atoms with van der Waals surface area (Å²) in [7, 11) is 3.15. The summed E-state index contributed by atoms with van der Waals surface area (Å²) in [5, 5.41) is 0.654. The van der Waals surface area contributed by atoms with Gasteiger partial charge in [0.05, 0.1) is 19.8 Å². The fourth-order valence-electron chi connectivity index (χ4n) is 3.14. The molecule has 0 atom stereocenters. The van der Waals surface area contributed by atoms with Gasteiger partial charge in [0, 0.05) is 16.7 Å². The number of benzene rings is 3. The maximum Gasteiger partial charge on any atom is 0.231 e. The molecule has 30 heavy (non-hydrogen) atoms. The van der Waals surface area contributed by atoms with Crippen molar-refractivity contribution in [1.29, 1.82) is 0 Å². The van der Waals surface area contributed by atoms with E-state index in [1.54, 1.807) is 56.7 Å². The standard InChI is InChI=1S/C24H19ClO5/c1-27-18-7-9-21(28-2)16(11-18)12-23-24(26)20-8-6-19(13-22(20)30-23)29-14-15-4-3-5-17(25)10-15/h3-13H,14H2,1-2H3. The van der Waals surface area contributed by atoms with Crippen LogP contribution in [0, 0.1) is 0 Å². The normalized spacial score (nSPS) is 13.7. The summed E-state index contributed by atoms with van der Waals surface area (Å²) in [6.45, 7) is 0.358. The number of carbonyl (C=O) groups is 1. The van der Waals surface area contributed by atoms with Crippen molar-refractivity contribution < 1.29 is 23.7 Å². The number of ether oxygens (including phenoxy) is 4. The van der Waals surface area contributed by atoms with Gasteiger partial charge < -0.3 is 18.9 Å². The first-order valence-corrected chi connectivity index (χ1v) is 9.63. The van der Waals surface area contributed by atoms with E-state index in [1.165, 1.54) is 0 Å². The van der Waals surface area contributed by atoms with Crippen LogP contribution in [-0.4, -0.2) is 20.0 Å². The zero-order chi connectivity index (χ0) is 21.1. The summed E-state index contributed by atoms with van der Waals surface area (Å²) in [4.78, 5) is 12.8. The molecule has 0 saturated carbocycles. The van der Waals surface area contributed by atoms with Gasteiger partial charge >= 0.3 is 0 Å². The van der Waals surface area contributed by atoms with Crippen molar-refractivity contribution in [1.82, 2.24) is 0 Å². The highest BCUT2D eigenvalue weighted by molar-refractivity contribution is 6.30. The van der Waals surface area contributed by atoms with Crippen LogP contribution in [0.2, 0.25) is 5.02 Å². The molecule has 0 spiro atoms. The highest BCUT2D eigenvalue weighted by Gasteiger charge is 2.28. The quantitative estimate of drug-likeness (QED) is 0.487. The van der Waals surface area contributed by atoms with Gasteiger partial charge in [0.2, 0.25) is 5.78 Å². The molecule has 0 radical (unpaired) electrons. The van der Waals surface area contributed by atoms with Crippen molar-refractivity contribution in [3.8, 4) is 23.0 Å². The Hall–Kier alpha value is -3.44. The maximum atomic E-state index is 12.8. The van der Waals surface area contributed by atoms with Crippen molar-refractivity contribution in [3.63, 3.8) is 0 Å². The molecular weight excluding hydrogens is 404 g/mol. The van der Waals surface area contributed by atoms with Gasteiger partial charge in [0.25, 0.3) is 0 Å². The van der Waals surface area contributed by atoms with Crippen molar-refractivity contribution in [3.05, 3.63) is 88.1 Å². The second kappa shape index (κ2) is 8.51. The van der Waals surface area contributed by atoms with Crippen LogP contribution in [0.1, 0.15) is 21.5 Å². The van der Waals surface area contributed by atoms with Gasteiger partial charge in [-0.1, -0.05) is 23.7 Å². The van der Waals surface area contributed by atoms with Gasteiger partial charge in [-0.25, -0.2) is 0 Å². The summed E-state index contributed by atoms with van der Waals surface area (Å²) < 4.78 is 22.3. The lowest BCUT2D eigenvalue weighted by atomic mass is 10.1. The van der Waals surface area contributed by atoms with E-state index >= 15 is 0 Å². The summed E-state index contributed by atoms with van der Waals surface area (Å²) in [6.07, 6.45) is 1.65. The zero-order valence-corrected chi connectivity index (χ0v) is 17.2. The Labute approximate surface area is 179 Å². The van der Waals surface area contributed by atoms with Crippen LogP contribution in [0.4, 0.5) is 0 Å². The number of rotatable bonds is 6. The predicted octanol–water partition coefficient (Wildman–Crippen LogP) is 5.55. The Morgan fingerprint density at radius 1 is 0.967 bits per heavy atom. The maximum absolute atomic E-state index is 12.8. The van der Waals surface area contributed by atoms with Crippen molar-refractivity contribution in [2.75, 3.05) is 14.2 Å². The minimum absolute atomic E-state index is 0.198. The number of halogens is 1. The molecule has 0 aliphatic carbocycles. The SMILES string of the molecule is COc1ccc(OC)c(C=C2Oc3cc(OCc4cccc(Cl)c4)ccc3C2=O)c1. The summed E-state index contributed by atoms with van der Waals surface area (Å²) in [5.41, 5.74) is 2.12. The first-order chi connectivity index (χ1) is 14.6. The Bertz CT molecular complexity index is 1140. The lowest BCUT2D eigenvalue weighted by Gasteiger charge is -2.08. The van der Waals surface area contributed by atoms with E-state index in [2.05, 4.69) is 0 Å². The average molecular weight is 423 g/mol. The number of allylic oxidation sites excluding steroid dienone is 1. The Morgan fingerprint density at radius 3 is 2.57 bits per heavy atom. The van der Waals surface area contributed by atoms with E-state index in [1.807, 2.05) is 24.3 Å². The smallest absolute Gasteiger partial charge is 0.231 e. The molecule has 0 saturated heterocycles. The molecular formula is C24H19ClO5. The third-order valence-corrected chi connectivity index (χ3v) is 4.89. The molecule has 1 aliphatic rings. The number of ketones is 1. The molecule has 0 N–H and O–H groups in total. The fourth-order valence-corrected chi connectivity index (χ4v) is 3.36. The van der Waals surface area contributed by atoms with Crippen molar-refractivity contribution in [2.24, 2.45) is 0 Å². The van der Waals surface area contributed by atoms with Crippen LogP contribution >= 0.6 is 11.6 Å². The lowest BCUT2D eigenvalue weighted by molar-refractivity contribution is 0.101. The molecule has 0 bridgehead atoms. The van der Waals surface area contributed by atoms with Crippen molar-refractivity contribution >= 4 is 23.5 Å². The van der Waals surface area contributed by atoms with Crippen molar-refractivity contribution in [2.45, 2.75) is 6.61 Å². The summed E-state index contributed by atoms with van der Waals surface area (Å²) in [6, 6.07) is 18.0. The average Bonchev–Trinajstić information content (AvgIpc) is 3.07. The molecule has 6 heteroatoms. The molecule has 3 aromatic rings. The van der Waals surface area contributed by atoms with Gasteiger partial charge in [-0.15, -0.1) is 0 Å². The minimum Gasteiger partial charge on any atom is -0.497 e. The Balaban J connectivity index is 1.55. The molecule has 0 amide bonds. The van der Waals surface area contributed by atoms with Crippen LogP contribution in [0.25, 0.3) is 6.08 Å². The van der Waals surface area contributed by atoms with Crippen LogP contribution in [0.3, 0.4) is 0 Å². The zero-order valence-electron chi connectivity index (χ0n) is 16.5.